The quantitative estimate of drug-likeness (QED) is 0.154. The van der Waals surface area contributed by atoms with Gasteiger partial charge in [-0.2, -0.15) is 22.7 Å². The molecule has 44 heavy (non-hydrogen) atoms. The molecule has 0 unspecified atom stereocenters. The standard InChI is InChI=1S/2C20H17ClS/c2*1-2-19(17-12-13-22-14-17)20(15-6-4-3-5-7-15)16-8-10-18(21)11-9-16/h2*3-14H,2H2,1H3/b2*20-19-. The maximum Gasteiger partial charge on any atom is 0.0406 e. The number of benzene rings is 4. The van der Waals surface area contributed by atoms with Crippen molar-refractivity contribution in [3.05, 3.63) is 186 Å². The Balaban J connectivity index is 0.000000175. The molecule has 0 bridgehead atoms. The SMILES string of the molecule is CC/C(=C(\c1ccccc1)c1ccc(Cl)cc1)c1ccsc1.CC/C(=C(\c1ccccc1)c1ccc(Cl)cc1)c1ccsc1. The summed E-state index contributed by atoms with van der Waals surface area (Å²) in [5.41, 5.74) is 12.8. The average molecular weight is 650 g/mol. The van der Waals surface area contributed by atoms with E-state index in [4.69, 9.17) is 23.2 Å². The van der Waals surface area contributed by atoms with E-state index in [-0.39, 0.29) is 0 Å². The Morgan fingerprint density at radius 2 is 0.773 bits per heavy atom. The third kappa shape index (κ3) is 7.88. The number of halogens is 2. The van der Waals surface area contributed by atoms with E-state index < -0.39 is 0 Å². The minimum absolute atomic E-state index is 0.768. The Bertz CT molecular complexity index is 1640. The number of hydrogen-bond donors (Lipinski definition) is 0. The second-order valence-electron chi connectivity index (χ2n) is 10.2. The van der Waals surface area contributed by atoms with Crippen LogP contribution in [0.15, 0.2) is 143 Å². The Kier molecular flexibility index (Phi) is 11.5. The third-order valence-electron chi connectivity index (χ3n) is 7.44. The highest BCUT2D eigenvalue weighted by Crippen LogP contribution is 2.36. The van der Waals surface area contributed by atoms with Crippen molar-refractivity contribution in [1.29, 1.82) is 0 Å². The van der Waals surface area contributed by atoms with Gasteiger partial charge in [0.1, 0.15) is 0 Å². The lowest BCUT2D eigenvalue weighted by Crippen LogP contribution is -1.93. The molecule has 0 aliphatic heterocycles. The average Bonchev–Trinajstić information content (AvgIpc) is 3.80. The van der Waals surface area contributed by atoms with Gasteiger partial charge in [-0.15, -0.1) is 0 Å². The Labute approximate surface area is 279 Å². The van der Waals surface area contributed by atoms with Crippen molar-refractivity contribution in [1.82, 2.24) is 0 Å². The van der Waals surface area contributed by atoms with Crippen molar-refractivity contribution in [2.45, 2.75) is 26.7 Å². The molecule has 0 saturated heterocycles. The molecule has 220 valence electrons. The lowest BCUT2D eigenvalue weighted by Gasteiger charge is -2.15. The van der Waals surface area contributed by atoms with Gasteiger partial charge in [0.15, 0.2) is 0 Å². The maximum absolute atomic E-state index is 6.06. The van der Waals surface area contributed by atoms with E-state index in [0.717, 1.165) is 22.9 Å². The second-order valence-corrected chi connectivity index (χ2v) is 12.6. The smallest absolute Gasteiger partial charge is 0.0406 e. The van der Waals surface area contributed by atoms with Crippen LogP contribution in [-0.4, -0.2) is 0 Å². The summed E-state index contributed by atoms with van der Waals surface area (Å²) in [6.45, 7) is 4.43. The van der Waals surface area contributed by atoms with Crippen LogP contribution in [0.3, 0.4) is 0 Å². The first kappa shape index (κ1) is 31.8. The Morgan fingerprint density at radius 1 is 0.432 bits per heavy atom. The van der Waals surface area contributed by atoms with E-state index in [2.05, 4.69) is 132 Å². The summed E-state index contributed by atoms with van der Waals surface area (Å²) in [7, 11) is 0. The Morgan fingerprint density at radius 3 is 1.07 bits per heavy atom. The van der Waals surface area contributed by atoms with Crippen molar-refractivity contribution in [2.75, 3.05) is 0 Å². The zero-order valence-electron chi connectivity index (χ0n) is 24.8. The molecule has 2 heterocycles. The molecule has 0 aliphatic carbocycles. The number of allylic oxidation sites excluding steroid dienone is 2. The Hall–Kier alpha value is -3.66. The van der Waals surface area contributed by atoms with Crippen LogP contribution in [-0.2, 0) is 0 Å². The van der Waals surface area contributed by atoms with Gasteiger partial charge in [0.05, 0.1) is 0 Å². The van der Waals surface area contributed by atoms with Crippen LogP contribution >= 0.6 is 45.9 Å². The molecule has 0 N–H and O–H groups in total. The van der Waals surface area contributed by atoms with Gasteiger partial charge < -0.3 is 0 Å². The van der Waals surface area contributed by atoms with Crippen molar-refractivity contribution in [3.63, 3.8) is 0 Å². The fourth-order valence-electron chi connectivity index (χ4n) is 5.40. The summed E-state index contributed by atoms with van der Waals surface area (Å²) in [6.07, 6.45) is 1.98. The zero-order chi connectivity index (χ0) is 30.7. The summed E-state index contributed by atoms with van der Waals surface area (Å²) < 4.78 is 0. The van der Waals surface area contributed by atoms with Gasteiger partial charge in [-0.1, -0.05) is 122 Å². The molecule has 4 aromatic carbocycles. The highest BCUT2D eigenvalue weighted by molar-refractivity contribution is 7.08. The molecule has 0 nitrogen and oxygen atoms in total. The summed E-state index contributed by atoms with van der Waals surface area (Å²) in [5, 5.41) is 10.2. The van der Waals surface area contributed by atoms with E-state index in [1.54, 1.807) is 22.7 Å². The van der Waals surface area contributed by atoms with Crippen molar-refractivity contribution < 1.29 is 0 Å². The van der Waals surface area contributed by atoms with Crippen molar-refractivity contribution in [3.8, 4) is 0 Å². The van der Waals surface area contributed by atoms with Crippen LogP contribution < -0.4 is 0 Å². The summed E-state index contributed by atoms with van der Waals surface area (Å²) >= 11 is 15.6. The molecule has 0 spiro atoms. The highest BCUT2D eigenvalue weighted by atomic mass is 35.5. The van der Waals surface area contributed by atoms with E-state index in [0.29, 0.717) is 0 Å². The predicted octanol–water partition coefficient (Wildman–Crippen LogP) is 13.5. The van der Waals surface area contributed by atoms with Gasteiger partial charge in [-0.3, -0.25) is 0 Å². The van der Waals surface area contributed by atoms with E-state index >= 15 is 0 Å². The molecule has 0 saturated carbocycles. The van der Waals surface area contributed by atoms with E-state index in [1.807, 2.05) is 24.3 Å². The predicted molar refractivity (Wildman–Crippen MR) is 197 cm³/mol. The molecule has 0 radical (unpaired) electrons. The molecule has 0 fully saturated rings. The first-order valence-electron chi connectivity index (χ1n) is 14.7. The number of hydrogen-bond acceptors (Lipinski definition) is 2. The van der Waals surface area contributed by atoms with Gasteiger partial charge in [-0.25, -0.2) is 0 Å². The van der Waals surface area contributed by atoms with Crippen LogP contribution in [0.2, 0.25) is 10.0 Å². The summed E-state index contributed by atoms with van der Waals surface area (Å²) in [5.74, 6) is 0. The fraction of sp³-hybridized carbons (Fsp3) is 0.100. The van der Waals surface area contributed by atoms with Crippen LogP contribution in [0.25, 0.3) is 22.3 Å². The molecule has 6 rings (SSSR count). The van der Waals surface area contributed by atoms with E-state index in [1.165, 1.54) is 55.7 Å². The van der Waals surface area contributed by atoms with Crippen molar-refractivity contribution in [2.24, 2.45) is 0 Å². The van der Waals surface area contributed by atoms with Gasteiger partial charge >= 0.3 is 0 Å². The maximum atomic E-state index is 6.06. The van der Waals surface area contributed by atoms with Crippen LogP contribution in [0.1, 0.15) is 60.1 Å². The normalized spacial score (nSPS) is 12.1. The fourth-order valence-corrected chi connectivity index (χ4v) is 6.99. The molecule has 2 aromatic heterocycles. The van der Waals surface area contributed by atoms with Gasteiger partial charge in [0.25, 0.3) is 0 Å². The van der Waals surface area contributed by atoms with E-state index in [9.17, 15) is 0 Å². The molecule has 6 aromatic rings. The number of thiophene rings is 2. The molecule has 0 amide bonds. The summed E-state index contributed by atoms with van der Waals surface area (Å²) in [4.78, 5) is 0. The minimum Gasteiger partial charge on any atom is -0.152 e. The molecular weight excluding hydrogens is 615 g/mol. The summed E-state index contributed by atoms with van der Waals surface area (Å²) in [6, 6.07) is 41.8. The van der Waals surface area contributed by atoms with Crippen LogP contribution in [0, 0.1) is 0 Å². The van der Waals surface area contributed by atoms with Gasteiger partial charge in [0, 0.05) is 10.0 Å². The largest absolute Gasteiger partial charge is 0.152 e. The lowest BCUT2D eigenvalue weighted by atomic mass is 9.89. The van der Waals surface area contributed by atoms with Crippen molar-refractivity contribution >= 4 is 68.2 Å². The third-order valence-corrected chi connectivity index (χ3v) is 9.31. The monoisotopic (exact) mass is 648 g/mol. The first-order chi connectivity index (χ1) is 21.6. The highest BCUT2D eigenvalue weighted by Gasteiger charge is 2.14. The molecular formula is C40H34Cl2S2. The molecule has 0 atom stereocenters. The first-order valence-corrected chi connectivity index (χ1v) is 17.4. The van der Waals surface area contributed by atoms with Crippen LogP contribution in [0.5, 0.6) is 0 Å². The van der Waals surface area contributed by atoms with Crippen LogP contribution in [0.4, 0.5) is 0 Å². The minimum atomic E-state index is 0.768. The zero-order valence-corrected chi connectivity index (χ0v) is 28.0. The lowest BCUT2D eigenvalue weighted by molar-refractivity contribution is 1.24. The molecule has 0 aliphatic rings. The van der Waals surface area contributed by atoms with Gasteiger partial charge in [-0.05, 0) is 126 Å². The second kappa shape index (κ2) is 15.9. The van der Waals surface area contributed by atoms with Gasteiger partial charge in [0.2, 0.25) is 0 Å². The number of rotatable bonds is 8. The topological polar surface area (TPSA) is 0 Å². The molecule has 4 heteroatoms.